The number of amides is 1. The van der Waals surface area contributed by atoms with Gasteiger partial charge < -0.3 is 14.8 Å². The number of hydrogen-bond acceptors (Lipinski definition) is 4. The lowest BCUT2D eigenvalue weighted by molar-refractivity contribution is -0.116. The standard InChI is InChI=1S/C22H27NO4/c1-5-26-21(25)16-6-10-18(11-7-16)23-20(24)14-15-27-19-12-8-17(9-13-19)22(2,3)4/h6-13H,5,14-15H2,1-4H3,(H,23,24). The molecule has 1 N–H and O–H groups in total. The molecule has 0 aromatic heterocycles. The second-order valence-electron chi connectivity index (χ2n) is 7.22. The summed E-state index contributed by atoms with van der Waals surface area (Å²) in [4.78, 5) is 23.6. The van der Waals surface area contributed by atoms with Crippen LogP contribution >= 0.6 is 0 Å². The lowest BCUT2D eigenvalue weighted by Crippen LogP contribution is -2.15. The van der Waals surface area contributed by atoms with E-state index in [4.69, 9.17) is 9.47 Å². The van der Waals surface area contributed by atoms with Gasteiger partial charge in [0, 0.05) is 5.69 Å². The molecule has 0 spiro atoms. The highest BCUT2D eigenvalue weighted by molar-refractivity contribution is 5.93. The van der Waals surface area contributed by atoms with Crippen molar-refractivity contribution in [3.8, 4) is 5.75 Å². The molecule has 0 bridgehead atoms. The van der Waals surface area contributed by atoms with Gasteiger partial charge in [0.25, 0.3) is 0 Å². The minimum Gasteiger partial charge on any atom is -0.493 e. The van der Waals surface area contributed by atoms with E-state index in [0.717, 1.165) is 5.75 Å². The van der Waals surface area contributed by atoms with Crippen molar-refractivity contribution in [1.29, 1.82) is 0 Å². The Kier molecular flexibility index (Phi) is 6.99. The third-order valence-electron chi connectivity index (χ3n) is 4.00. The predicted molar refractivity (Wildman–Crippen MR) is 106 cm³/mol. The van der Waals surface area contributed by atoms with Gasteiger partial charge in [-0.25, -0.2) is 4.79 Å². The first-order valence-electron chi connectivity index (χ1n) is 9.10. The predicted octanol–water partition coefficient (Wildman–Crippen LogP) is 4.57. The number of ether oxygens (including phenoxy) is 2. The summed E-state index contributed by atoms with van der Waals surface area (Å²) < 4.78 is 10.6. The zero-order chi connectivity index (χ0) is 19.9. The van der Waals surface area contributed by atoms with E-state index in [1.165, 1.54) is 5.56 Å². The maximum Gasteiger partial charge on any atom is 0.338 e. The summed E-state index contributed by atoms with van der Waals surface area (Å²) in [5.74, 6) is 0.223. The molecule has 0 unspecified atom stereocenters. The topological polar surface area (TPSA) is 64.6 Å². The van der Waals surface area contributed by atoms with Crippen LogP contribution in [0.3, 0.4) is 0 Å². The maximum absolute atomic E-state index is 12.0. The van der Waals surface area contributed by atoms with E-state index < -0.39 is 0 Å². The summed E-state index contributed by atoms with van der Waals surface area (Å²) in [7, 11) is 0. The molecule has 0 heterocycles. The largest absolute Gasteiger partial charge is 0.493 e. The minimum absolute atomic E-state index is 0.0985. The number of esters is 1. The molecule has 2 aromatic carbocycles. The van der Waals surface area contributed by atoms with Crippen molar-refractivity contribution in [3.63, 3.8) is 0 Å². The molecule has 0 radical (unpaired) electrons. The highest BCUT2D eigenvalue weighted by Crippen LogP contribution is 2.24. The molecular formula is C22H27NO4. The van der Waals surface area contributed by atoms with Crippen molar-refractivity contribution in [3.05, 3.63) is 59.7 Å². The summed E-state index contributed by atoms with van der Waals surface area (Å²) in [6, 6.07) is 14.5. The third kappa shape index (κ3) is 6.44. The minimum atomic E-state index is -0.374. The second kappa shape index (κ2) is 9.21. The van der Waals surface area contributed by atoms with E-state index in [0.29, 0.717) is 24.5 Å². The van der Waals surface area contributed by atoms with Crippen molar-refractivity contribution in [2.45, 2.75) is 39.5 Å². The molecule has 0 aliphatic carbocycles. The van der Waals surface area contributed by atoms with Gasteiger partial charge in [0.1, 0.15) is 5.75 Å². The molecule has 0 aliphatic rings. The van der Waals surface area contributed by atoms with Crippen molar-refractivity contribution >= 4 is 17.6 Å². The fourth-order valence-corrected chi connectivity index (χ4v) is 2.44. The summed E-state index contributed by atoms with van der Waals surface area (Å²) >= 11 is 0. The molecule has 0 atom stereocenters. The molecule has 144 valence electrons. The van der Waals surface area contributed by atoms with E-state index in [1.54, 1.807) is 31.2 Å². The lowest BCUT2D eigenvalue weighted by Gasteiger charge is -2.19. The van der Waals surface area contributed by atoms with Crippen LogP contribution in [0.2, 0.25) is 0 Å². The van der Waals surface area contributed by atoms with Gasteiger partial charge in [-0.2, -0.15) is 0 Å². The number of hydrogen-bond donors (Lipinski definition) is 1. The molecule has 0 saturated carbocycles. The van der Waals surface area contributed by atoms with Crippen molar-refractivity contribution in [1.82, 2.24) is 0 Å². The zero-order valence-corrected chi connectivity index (χ0v) is 16.4. The van der Waals surface area contributed by atoms with Gasteiger partial charge in [-0.1, -0.05) is 32.9 Å². The van der Waals surface area contributed by atoms with E-state index in [1.807, 2.05) is 24.3 Å². The average molecular weight is 369 g/mol. The van der Waals surface area contributed by atoms with Gasteiger partial charge in [0.15, 0.2) is 0 Å². The molecule has 2 rings (SSSR count). The molecule has 1 amide bonds. The number of nitrogens with one attached hydrogen (secondary N) is 1. The van der Waals surface area contributed by atoms with Crippen LogP contribution in [0.25, 0.3) is 0 Å². The Morgan fingerprint density at radius 2 is 1.59 bits per heavy atom. The zero-order valence-electron chi connectivity index (χ0n) is 16.4. The second-order valence-corrected chi connectivity index (χ2v) is 7.22. The molecule has 0 aliphatic heterocycles. The maximum atomic E-state index is 12.0. The normalized spacial score (nSPS) is 11.0. The number of rotatable bonds is 7. The lowest BCUT2D eigenvalue weighted by atomic mass is 9.87. The Balaban J connectivity index is 1.78. The van der Waals surface area contributed by atoms with E-state index >= 15 is 0 Å². The summed E-state index contributed by atoms with van der Waals surface area (Å²) in [6.07, 6.45) is 0.237. The highest BCUT2D eigenvalue weighted by atomic mass is 16.5. The van der Waals surface area contributed by atoms with Crippen LogP contribution in [0, 0.1) is 0 Å². The summed E-state index contributed by atoms with van der Waals surface area (Å²) in [5.41, 5.74) is 2.42. The van der Waals surface area contributed by atoms with Crippen LogP contribution in [0.15, 0.2) is 48.5 Å². The van der Waals surface area contributed by atoms with Crippen molar-refractivity contribution < 1.29 is 19.1 Å². The molecule has 0 saturated heterocycles. The van der Waals surface area contributed by atoms with Gasteiger partial charge in [-0.3, -0.25) is 4.79 Å². The first kappa shape index (κ1) is 20.5. The first-order valence-corrected chi connectivity index (χ1v) is 9.10. The van der Waals surface area contributed by atoms with E-state index in [9.17, 15) is 9.59 Å². The van der Waals surface area contributed by atoms with Crippen LogP contribution in [0.4, 0.5) is 5.69 Å². The van der Waals surface area contributed by atoms with Gasteiger partial charge in [-0.15, -0.1) is 0 Å². The van der Waals surface area contributed by atoms with Crippen LogP contribution < -0.4 is 10.1 Å². The highest BCUT2D eigenvalue weighted by Gasteiger charge is 2.13. The average Bonchev–Trinajstić information content (AvgIpc) is 2.62. The molecule has 5 nitrogen and oxygen atoms in total. The monoisotopic (exact) mass is 369 g/mol. The van der Waals surface area contributed by atoms with Gasteiger partial charge >= 0.3 is 5.97 Å². The van der Waals surface area contributed by atoms with Crippen LogP contribution in [-0.4, -0.2) is 25.1 Å². The molecule has 5 heteroatoms. The van der Waals surface area contributed by atoms with Crippen LogP contribution in [0.1, 0.15) is 50.0 Å². The molecule has 2 aromatic rings. The smallest absolute Gasteiger partial charge is 0.338 e. The number of carbonyl (C=O) groups excluding carboxylic acids is 2. The van der Waals surface area contributed by atoms with Gasteiger partial charge in [0.05, 0.1) is 25.2 Å². The van der Waals surface area contributed by atoms with Crippen LogP contribution in [-0.2, 0) is 14.9 Å². The fraction of sp³-hybridized carbons (Fsp3) is 0.364. The first-order chi connectivity index (χ1) is 12.8. The Morgan fingerprint density at radius 1 is 0.963 bits per heavy atom. The quantitative estimate of drug-likeness (QED) is 0.726. The molecule has 0 fully saturated rings. The third-order valence-corrected chi connectivity index (χ3v) is 4.00. The SMILES string of the molecule is CCOC(=O)c1ccc(NC(=O)CCOc2ccc(C(C)(C)C)cc2)cc1. The van der Waals surface area contributed by atoms with E-state index in [2.05, 4.69) is 26.1 Å². The van der Waals surface area contributed by atoms with Gasteiger partial charge in [-0.05, 0) is 54.3 Å². The summed E-state index contributed by atoms with van der Waals surface area (Å²) in [5, 5.41) is 2.78. The number of anilines is 1. The fourth-order valence-electron chi connectivity index (χ4n) is 2.44. The number of carbonyl (C=O) groups is 2. The Labute approximate surface area is 160 Å². The Bertz CT molecular complexity index is 758. The summed E-state index contributed by atoms with van der Waals surface area (Å²) in [6.45, 7) is 8.86. The number of benzene rings is 2. The Hall–Kier alpha value is -2.82. The Morgan fingerprint density at radius 3 is 2.15 bits per heavy atom. The van der Waals surface area contributed by atoms with E-state index in [-0.39, 0.29) is 23.7 Å². The molecular weight excluding hydrogens is 342 g/mol. The van der Waals surface area contributed by atoms with Crippen LogP contribution in [0.5, 0.6) is 5.75 Å². The van der Waals surface area contributed by atoms with Gasteiger partial charge in [0.2, 0.25) is 5.91 Å². The van der Waals surface area contributed by atoms with Crippen molar-refractivity contribution in [2.75, 3.05) is 18.5 Å². The molecule has 27 heavy (non-hydrogen) atoms. The van der Waals surface area contributed by atoms with Crippen molar-refractivity contribution in [2.24, 2.45) is 0 Å².